The number of hydrogen-bond donors (Lipinski definition) is 1. The zero-order valence-corrected chi connectivity index (χ0v) is 11.9. The summed E-state index contributed by atoms with van der Waals surface area (Å²) in [6.07, 6.45) is 3.20. The maximum atomic E-state index is 12.3. The fourth-order valence-corrected chi connectivity index (χ4v) is 2.36. The van der Waals surface area contributed by atoms with Crippen molar-refractivity contribution in [2.45, 2.75) is 6.92 Å². The van der Waals surface area contributed by atoms with Crippen LogP contribution >= 0.6 is 0 Å². The van der Waals surface area contributed by atoms with E-state index < -0.39 is 11.8 Å². The molecule has 22 heavy (non-hydrogen) atoms. The van der Waals surface area contributed by atoms with Gasteiger partial charge >= 0.3 is 0 Å². The monoisotopic (exact) mass is 295 g/mol. The summed E-state index contributed by atoms with van der Waals surface area (Å²) in [4.78, 5) is 40.6. The molecule has 0 bridgehead atoms. The highest BCUT2D eigenvalue weighted by Gasteiger charge is 2.30. The highest BCUT2D eigenvalue weighted by Crippen LogP contribution is 2.19. The first kappa shape index (κ1) is 13.9. The van der Waals surface area contributed by atoms with E-state index in [1.807, 2.05) is 24.3 Å². The van der Waals surface area contributed by atoms with Crippen molar-refractivity contribution in [2.75, 3.05) is 6.54 Å². The molecule has 1 aromatic heterocycles. The zero-order valence-electron chi connectivity index (χ0n) is 11.9. The first-order valence-corrected chi connectivity index (χ1v) is 6.74. The van der Waals surface area contributed by atoms with E-state index in [4.69, 9.17) is 0 Å². The van der Waals surface area contributed by atoms with Gasteiger partial charge in [-0.25, -0.2) is 0 Å². The topological polar surface area (TPSA) is 79.4 Å². The summed E-state index contributed by atoms with van der Waals surface area (Å²) in [7, 11) is 0. The lowest BCUT2D eigenvalue weighted by Gasteiger charge is -2.25. The molecule has 1 aromatic carbocycles. The van der Waals surface area contributed by atoms with Gasteiger partial charge in [0.25, 0.3) is 5.91 Å². The largest absolute Gasteiger partial charge is 0.320 e. The average molecular weight is 295 g/mol. The van der Waals surface area contributed by atoms with Crippen LogP contribution in [0.25, 0.3) is 17.0 Å². The molecule has 0 unspecified atom stereocenters. The van der Waals surface area contributed by atoms with Crippen LogP contribution < -0.4 is 5.32 Å². The van der Waals surface area contributed by atoms with Gasteiger partial charge in [-0.3, -0.25) is 24.3 Å². The number of para-hydroxylation sites is 1. The summed E-state index contributed by atoms with van der Waals surface area (Å²) in [5.41, 5.74) is 1.62. The van der Waals surface area contributed by atoms with Crippen LogP contribution in [0.15, 0.2) is 42.2 Å². The normalized spacial score (nSPS) is 17.0. The third-order valence-corrected chi connectivity index (χ3v) is 3.41. The fraction of sp³-hybridized carbons (Fsp3) is 0.125. The maximum absolute atomic E-state index is 12.3. The Morgan fingerprint density at radius 2 is 2.05 bits per heavy atom. The van der Waals surface area contributed by atoms with Gasteiger partial charge in [-0.05, 0) is 23.8 Å². The van der Waals surface area contributed by atoms with Crippen LogP contribution in [0, 0.1) is 0 Å². The van der Waals surface area contributed by atoms with Gasteiger partial charge in [0.05, 0.1) is 5.52 Å². The van der Waals surface area contributed by atoms with Crippen LogP contribution in [-0.4, -0.2) is 34.2 Å². The smallest absolute Gasteiger partial charge is 0.277 e. The lowest BCUT2D eigenvalue weighted by Crippen LogP contribution is -2.51. The standard InChI is InChI=1S/C16H13N3O3/c1-10(20)19-9-15(21)18-14(16(19)22)8-11-6-7-17-13-5-3-2-4-12(11)13/h2-8H,9H2,1H3,(H,18,21)/b14-8-. The number of rotatable bonds is 1. The third kappa shape index (κ3) is 2.46. The van der Waals surface area contributed by atoms with Crippen molar-refractivity contribution in [3.8, 4) is 0 Å². The lowest BCUT2D eigenvalue weighted by molar-refractivity contribution is -0.147. The molecular formula is C16H13N3O3. The molecule has 2 aromatic rings. The number of amides is 3. The summed E-state index contributed by atoms with van der Waals surface area (Å²) in [5.74, 6) is -1.35. The van der Waals surface area contributed by atoms with E-state index >= 15 is 0 Å². The number of carbonyl (C=O) groups excluding carboxylic acids is 3. The van der Waals surface area contributed by atoms with Gasteiger partial charge in [-0.2, -0.15) is 0 Å². The summed E-state index contributed by atoms with van der Waals surface area (Å²) in [6, 6.07) is 9.24. The molecular weight excluding hydrogens is 282 g/mol. The number of pyridine rings is 1. The Kier molecular flexibility index (Phi) is 3.42. The second kappa shape index (κ2) is 5.40. The predicted octanol–water partition coefficient (Wildman–Crippen LogP) is 1.08. The minimum Gasteiger partial charge on any atom is -0.320 e. The van der Waals surface area contributed by atoms with Crippen LogP contribution in [0.2, 0.25) is 0 Å². The van der Waals surface area contributed by atoms with Crippen molar-refractivity contribution in [1.29, 1.82) is 0 Å². The summed E-state index contributed by atoms with van der Waals surface area (Å²) in [5, 5.41) is 3.38. The molecule has 0 radical (unpaired) electrons. The van der Waals surface area contributed by atoms with Gasteiger partial charge in [-0.1, -0.05) is 18.2 Å². The van der Waals surface area contributed by atoms with Gasteiger partial charge in [0, 0.05) is 18.5 Å². The molecule has 0 atom stereocenters. The number of piperazine rings is 1. The molecule has 3 amide bonds. The maximum Gasteiger partial charge on any atom is 0.277 e. The fourth-order valence-electron chi connectivity index (χ4n) is 2.36. The molecule has 6 heteroatoms. The molecule has 1 aliphatic heterocycles. The van der Waals surface area contributed by atoms with E-state index in [1.165, 1.54) is 6.92 Å². The number of benzene rings is 1. The van der Waals surface area contributed by atoms with Gasteiger partial charge in [-0.15, -0.1) is 0 Å². The second-order valence-corrected chi connectivity index (χ2v) is 4.93. The van der Waals surface area contributed by atoms with E-state index in [9.17, 15) is 14.4 Å². The molecule has 3 rings (SSSR count). The molecule has 1 saturated heterocycles. The van der Waals surface area contributed by atoms with Gasteiger partial charge < -0.3 is 5.32 Å². The van der Waals surface area contributed by atoms with Gasteiger partial charge in [0.2, 0.25) is 11.8 Å². The summed E-state index contributed by atoms with van der Waals surface area (Å²) in [6.45, 7) is 1.01. The van der Waals surface area contributed by atoms with E-state index in [0.29, 0.717) is 0 Å². The van der Waals surface area contributed by atoms with Crippen LogP contribution in [0.1, 0.15) is 12.5 Å². The first-order valence-electron chi connectivity index (χ1n) is 6.74. The van der Waals surface area contributed by atoms with Crippen molar-refractivity contribution in [3.63, 3.8) is 0 Å². The molecule has 0 saturated carbocycles. The SMILES string of the molecule is CC(=O)N1CC(=O)N/C(=C\c2ccnc3ccccc23)C1=O. The number of hydrogen-bond acceptors (Lipinski definition) is 4. The summed E-state index contributed by atoms with van der Waals surface area (Å²) < 4.78 is 0. The predicted molar refractivity (Wildman–Crippen MR) is 80.3 cm³/mol. The highest BCUT2D eigenvalue weighted by atomic mass is 16.2. The Bertz CT molecular complexity index is 821. The number of nitrogens with one attached hydrogen (secondary N) is 1. The molecule has 1 N–H and O–H groups in total. The quantitative estimate of drug-likeness (QED) is 0.798. The molecule has 0 aliphatic carbocycles. The van der Waals surface area contributed by atoms with Gasteiger partial charge in [0.1, 0.15) is 12.2 Å². The Morgan fingerprint density at radius 3 is 2.82 bits per heavy atom. The Labute approximate surface area is 126 Å². The number of fused-ring (bicyclic) bond motifs is 1. The van der Waals surface area contributed by atoms with E-state index in [0.717, 1.165) is 21.4 Å². The molecule has 6 nitrogen and oxygen atoms in total. The Hall–Kier alpha value is -3.02. The number of imide groups is 1. The van der Waals surface area contributed by atoms with Crippen LogP contribution in [0.3, 0.4) is 0 Å². The van der Waals surface area contributed by atoms with E-state index in [1.54, 1.807) is 18.3 Å². The highest BCUT2D eigenvalue weighted by molar-refractivity contribution is 6.13. The van der Waals surface area contributed by atoms with Crippen molar-refractivity contribution < 1.29 is 14.4 Å². The van der Waals surface area contributed by atoms with E-state index in [-0.39, 0.29) is 18.1 Å². The first-order chi connectivity index (χ1) is 10.6. The second-order valence-electron chi connectivity index (χ2n) is 4.93. The third-order valence-electron chi connectivity index (χ3n) is 3.41. The number of nitrogens with zero attached hydrogens (tertiary/aromatic N) is 2. The number of carbonyl (C=O) groups is 3. The van der Waals surface area contributed by atoms with Crippen molar-refractivity contribution in [2.24, 2.45) is 0 Å². The van der Waals surface area contributed by atoms with Crippen molar-refractivity contribution >= 4 is 34.7 Å². The lowest BCUT2D eigenvalue weighted by atomic mass is 10.1. The molecule has 1 fully saturated rings. The summed E-state index contributed by atoms with van der Waals surface area (Å²) >= 11 is 0. The van der Waals surface area contributed by atoms with Gasteiger partial charge in [0.15, 0.2) is 0 Å². The van der Waals surface area contributed by atoms with Crippen LogP contribution in [0.5, 0.6) is 0 Å². The molecule has 2 heterocycles. The van der Waals surface area contributed by atoms with Crippen LogP contribution in [-0.2, 0) is 14.4 Å². The minimum atomic E-state index is -0.506. The van der Waals surface area contributed by atoms with Crippen molar-refractivity contribution in [1.82, 2.24) is 15.2 Å². The molecule has 110 valence electrons. The van der Waals surface area contributed by atoms with Crippen molar-refractivity contribution in [3.05, 3.63) is 47.8 Å². The zero-order chi connectivity index (χ0) is 15.7. The Morgan fingerprint density at radius 1 is 1.27 bits per heavy atom. The molecule has 0 spiro atoms. The van der Waals surface area contributed by atoms with E-state index in [2.05, 4.69) is 10.3 Å². The Balaban J connectivity index is 2.08. The number of aromatic nitrogens is 1. The minimum absolute atomic E-state index is 0.0859. The molecule has 1 aliphatic rings. The average Bonchev–Trinajstić information content (AvgIpc) is 2.50. The van der Waals surface area contributed by atoms with Crippen LogP contribution in [0.4, 0.5) is 0 Å².